The Kier molecular flexibility index (Phi) is 6.32. The van der Waals surface area contributed by atoms with Gasteiger partial charge >= 0.3 is 0 Å². The molecule has 0 unspecified atom stereocenters. The first-order chi connectivity index (χ1) is 16.1. The van der Waals surface area contributed by atoms with Crippen molar-refractivity contribution in [2.75, 3.05) is 52.6 Å². The number of ether oxygens (including phenoxy) is 2. The van der Waals surface area contributed by atoms with Crippen LogP contribution in [0.1, 0.15) is 11.1 Å². The maximum absolute atomic E-state index is 13.2. The molecule has 0 saturated carbocycles. The Morgan fingerprint density at radius 2 is 1.36 bits per heavy atom. The summed E-state index contributed by atoms with van der Waals surface area (Å²) in [6.45, 7) is 5.93. The number of aromatic hydroxyl groups is 2. The number of hydrogen-bond acceptors (Lipinski definition) is 8. The molecule has 3 aromatic rings. The molecule has 8 nitrogen and oxygen atoms in total. The molecular weight excluding hydrogens is 424 g/mol. The van der Waals surface area contributed by atoms with Gasteiger partial charge in [0, 0.05) is 50.9 Å². The normalized spacial score (nSPS) is 18.1. The summed E-state index contributed by atoms with van der Waals surface area (Å²) < 4.78 is 17.1. The lowest BCUT2D eigenvalue weighted by Crippen LogP contribution is -2.36. The molecule has 2 aromatic carbocycles. The largest absolute Gasteiger partial charge is 0.507 e. The number of phenols is 2. The fourth-order valence-corrected chi connectivity index (χ4v) is 4.49. The van der Waals surface area contributed by atoms with E-state index in [0.29, 0.717) is 82.6 Å². The van der Waals surface area contributed by atoms with Crippen molar-refractivity contribution in [2.45, 2.75) is 13.1 Å². The molecule has 33 heavy (non-hydrogen) atoms. The Bertz CT molecular complexity index is 1180. The fourth-order valence-electron chi connectivity index (χ4n) is 4.49. The van der Waals surface area contributed by atoms with E-state index >= 15 is 0 Å². The first-order valence-corrected chi connectivity index (χ1v) is 11.3. The van der Waals surface area contributed by atoms with E-state index in [1.807, 2.05) is 30.3 Å². The third-order valence-electron chi connectivity index (χ3n) is 6.35. The molecule has 0 radical (unpaired) electrons. The summed E-state index contributed by atoms with van der Waals surface area (Å²) in [5.41, 5.74) is 1.52. The van der Waals surface area contributed by atoms with Gasteiger partial charge in [-0.1, -0.05) is 30.3 Å². The van der Waals surface area contributed by atoms with Gasteiger partial charge in [-0.25, -0.2) is 0 Å². The summed E-state index contributed by atoms with van der Waals surface area (Å²) in [6, 6.07) is 10.8. The number of nitrogens with zero attached hydrogens (tertiary/aromatic N) is 2. The molecule has 3 heterocycles. The minimum atomic E-state index is -0.334. The van der Waals surface area contributed by atoms with Crippen LogP contribution >= 0.6 is 0 Å². The van der Waals surface area contributed by atoms with Gasteiger partial charge in [0.1, 0.15) is 22.6 Å². The maximum atomic E-state index is 13.2. The molecule has 2 N–H and O–H groups in total. The van der Waals surface area contributed by atoms with E-state index < -0.39 is 0 Å². The molecule has 0 bridgehead atoms. The predicted molar refractivity (Wildman–Crippen MR) is 123 cm³/mol. The van der Waals surface area contributed by atoms with Gasteiger partial charge in [0.2, 0.25) is 0 Å². The Morgan fingerprint density at radius 3 is 1.97 bits per heavy atom. The van der Waals surface area contributed by atoms with E-state index in [1.54, 1.807) is 0 Å². The molecule has 2 aliphatic rings. The Labute approximate surface area is 191 Å². The van der Waals surface area contributed by atoms with E-state index in [0.717, 1.165) is 5.56 Å². The molecule has 1 aromatic heterocycles. The van der Waals surface area contributed by atoms with Gasteiger partial charge in [0.15, 0.2) is 11.0 Å². The van der Waals surface area contributed by atoms with Crippen LogP contribution in [0.5, 0.6) is 11.5 Å². The molecule has 174 valence electrons. The van der Waals surface area contributed by atoms with Crippen molar-refractivity contribution in [2.24, 2.45) is 0 Å². The number of phenolic OH excluding ortho intramolecular Hbond substituents is 2. The molecule has 2 saturated heterocycles. The van der Waals surface area contributed by atoms with Crippen LogP contribution in [-0.2, 0) is 22.6 Å². The minimum Gasteiger partial charge on any atom is -0.507 e. The van der Waals surface area contributed by atoms with Gasteiger partial charge in [-0.2, -0.15) is 0 Å². The van der Waals surface area contributed by atoms with Gasteiger partial charge < -0.3 is 24.1 Å². The van der Waals surface area contributed by atoms with Gasteiger partial charge in [0.25, 0.3) is 0 Å². The minimum absolute atomic E-state index is 0.0219. The van der Waals surface area contributed by atoms with Gasteiger partial charge in [-0.15, -0.1) is 0 Å². The lowest BCUT2D eigenvalue weighted by Gasteiger charge is -2.29. The number of benzene rings is 2. The molecule has 2 aliphatic heterocycles. The Balaban J connectivity index is 1.67. The summed E-state index contributed by atoms with van der Waals surface area (Å²) in [6.07, 6.45) is 0. The highest BCUT2D eigenvalue weighted by Gasteiger charge is 2.27. The van der Waals surface area contributed by atoms with Crippen molar-refractivity contribution in [3.8, 4) is 22.8 Å². The van der Waals surface area contributed by atoms with E-state index in [1.165, 1.54) is 6.07 Å². The van der Waals surface area contributed by atoms with Gasteiger partial charge in [-0.05, 0) is 0 Å². The zero-order valence-corrected chi connectivity index (χ0v) is 18.5. The quantitative estimate of drug-likeness (QED) is 0.610. The van der Waals surface area contributed by atoms with Crippen LogP contribution in [0.15, 0.2) is 45.6 Å². The topological polar surface area (TPSA) is 95.6 Å². The summed E-state index contributed by atoms with van der Waals surface area (Å²) in [5.74, 6) is 0.162. The van der Waals surface area contributed by atoms with Crippen LogP contribution in [0.3, 0.4) is 0 Å². The maximum Gasteiger partial charge on any atom is 0.197 e. The molecule has 2 fully saturated rings. The van der Waals surface area contributed by atoms with Crippen molar-refractivity contribution < 1.29 is 24.1 Å². The van der Waals surface area contributed by atoms with Crippen molar-refractivity contribution in [1.82, 2.24) is 9.80 Å². The van der Waals surface area contributed by atoms with Crippen molar-refractivity contribution in [3.05, 3.63) is 57.7 Å². The first kappa shape index (κ1) is 21.9. The van der Waals surface area contributed by atoms with Gasteiger partial charge in [0.05, 0.1) is 37.6 Å². The summed E-state index contributed by atoms with van der Waals surface area (Å²) >= 11 is 0. The van der Waals surface area contributed by atoms with Crippen molar-refractivity contribution in [1.29, 1.82) is 0 Å². The molecule has 5 rings (SSSR count). The average Bonchev–Trinajstić information content (AvgIpc) is 2.86. The number of morpholine rings is 2. The first-order valence-electron chi connectivity index (χ1n) is 11.3. The van der Waals surface area contributed by atoms with E-state index in [-0.39, 0.29) is 27.9 Å². The highest BCUT2D eigenvalue weighted by atomic mass is 16.5. The SMILES string of the molecule is O=c1cc(-c2ccccc2)oc2c(CN3CCOCC3)c(O)c(CN3CCOCC3)c(O)c12. The summed E-state index contributed by atoms with van der Waals surface area (Å²) in [4.78, 5) is 17.5. The van der Waals surface area contributed by atoms with Crippen LogP contribution < -0.4 is 5.43 Å². The Morgan fingerprint density at radius 1 is 0.788 bits per heavy atom. The van der Waals surface area contributed by atoms with Crippen LogP contribution in [0.2, 0.25) is 0 Å². The van der Waals surface area contributed by atoms with Gasteiger partial charge in [-0.3, -0.25) is 14.6 Å². The second-order valence-corrected chi connectivity index (χ2v) is 8.48. The Hall–Kier alpha value is -2.91. The van der Waals surface area contributed by atoms with Crippen molar-refractivity contribution >= 4 is 11.0 Å². The fraction of sp³-hybridized carbons (Fsp3) is 0.400. The van der Waals surface area contributed by atoms with E-state index in [4.69, 9.17) is 13.9 Å². The zero-order chi connectivity index (χ0) is 22.8. The summed E-state index contributed by atoms with van der Waals surface area (Å²) in [7, 11) is 0. The lowest BCUT2D eigenvalue weighted by molar-refractivity contribution is 0.0326. The molecule has 0 spiro atoms. The highest BCUT2D eigenvalue weighted by molar-refractivity contribution is 5.91. The monoisotopic (exact) mass is 452 g/mol. The van der Waals surface area contributed by atoms with Crippen LogP contribution in [0, 0.1) is 0 Å². The van der Waals surface area contributed by atoms with E-state index in [9.17, 15) is 15.0 Å². The number of rotatable bonds is 5. The zero-order valence-electron chi connectivity index (χ0n) is 18.5. The molecule has 8 heteroatoms. The average molecular weight is 453 g/mol. The summed E-state index contributed by atoms with van der Waals surface area (Å²) in [5, 5.41) is 22.6. The van der Waals surface area contributed by atoms with Crippen LogP contribution in [-0.4, -0.2) is 72.6 Å². The number of fused-ring (bicyclic) bond motifs is 1. The lowest BCUT2D eigenvalue weighted by atomic mass is 10.00. The second kappa shape index (κ2) is 9.52. The third kappa shape index (κ3) is 4.47. The molecule has 0 aliphatic carbocycles. The number of hydrogen-bond donors (Lipinski definition) is 2. The van der Waals surface area contributed by atoms with Crippen LogP contribution in [0.25, 0.3) is 22.3 Å². The van der Waals surface area contributed by atoms with E-state index in [2.05, 4.69) is 9.80 Å². The molecule has 0 atom stereocenters. The highest BCUT2D eigenvalue weighted by Crippen LogP contribution is 2.41. The smallest absolute Gasteiger partial charge is 0.197 e. The molecular formula is C25H28N2O6. The third-order valence-corrected chi connectivity index (χ3v) is 6.35. The molecule has 0 amide bonds. The predicted octanol–water partition coefficient (Wildman–Crippen LogP) is 2.54. The standard InChI is InChI=1S/C25H28N2O6/c28-20-14-21(17-4-2-1-3-5-17)33-25-19(16-27-8-12-32-13-9-27)23(29)18(24(30)22(20)25)15-26-6-10-31-11-7-26/h1-5,14,29-30H,6-13,15-16H2. The van der Waals surface area contributed by atoms with Crippen molar-refractivity contribution in [3.63, 3.8) is 0 Å². The van der Waals surface area contributed by atoms with Crippen LogP contribution in [0.4, 0.5) is 0 Å². The second-order valence-electron chi connectivity index (χ2n) is 8.48.